The maximum Gasteiger partial charge on any atom is 0.00389 e. The van der Waals surface area contributed by atoms with Crippen LogP contribution >= 0.6 is 0 Å². The summed E-state index contributed by atoms with van der Waals surface area (Å²) in [7, 11) is 0. The lowest BCUT2D eigenvalue weighted by Gasteiger charge is -2.24. The number of hydrogen-bond acceptors (Lipinski definition) is 1. The molecule has 3 atom stereocenters. The Balaban J connectivity index is 1.60. The molecular weight excluding hydrogens is 230 g/mol. The summed E-state index contributed by atoms with van der Waals surface area (Å²) in [5.74, 6) is 3.03. The summed E-state index contributed by atoms with van der Waals surface area (Å²) in [6.07, 6.45) is 18.7. The van der Waals surface area contributed by atoms with Gasteiger partial charge in [-0.2, -0.15) is 0 Å². The van der Waals surface area contributed by atoms with Gasteiger partial charge in [-0.3, -0.25) is 0 Å². The van der Waals surface area contributed by atoms with Crippen molar-refractivity contribution < 1.29 is 0 Å². The minimum Gasteiger partial charge on any atom is -0.328 e. The standard InChI is InChI=1S/C18H35N/c1-15(17-10-3-4-11-17)7-6-9-16-8-2-5-12-18(19)14-13-16/h15-18H,2-14,19H2,1H3. The van der Waals surface area contributed by atoms with Crippen molar-refractivity contribution in [2.24, 2.45) is 23.5 Å². The van der Waals surface area contributed by atoms with Crippen molar-refractivity contribution in [2.75, 3.05) is 0 Å². The molecule has 0 amide bonds. The molecule has 0 saturated heterocycles. The SMILES string of the molecule is CC(CCCC1CCCCC(N)CC1)C1CCCC1. The predicted octanol–water partition coefficient (Wildman–Crippen LogP) is 5.28. The van der Waals surface area contributed by atoms with Crippen LogP contribution in [-0.2, 0) is 0 Å². The predicted molar refractivity (Wildman–Crippen MR) is 84.1 cm³/mol. The zero-order valence-corrected chi connectivity index (χ0v) is 13.1. The quantitative estimate of drug-likeness (QED) is 0.719. The first kappa shape index (κ1) is 15.4. The van der Waals surface area contributed by atoms with Gasteiger partial charge < -0.3 is 5.73 Å². The van der Waals surface area contributed by atoms with E-state index in [9.17, 15) is 0 Å². The molecule has 0 aliphatic heterocycles. The summed E-state index contributed by atoms with van der Waals surface area (Å²) < 4.78 is 0. The number of nitrogens with two attached hydrogens (primary N) is 1. The largest absolute Gasteiger partial charge is 0.328 e. The van der Waals surface area contributed by atoms with Crippen molar-refractivity contribution in [3.05, 3.63) is 0 Å². The van der Waals surface area contributed by atoms with Gasteiger partial charge >= 0.3 is 0 Å². The van der Waals surface area contributed by atoms with Gasteiger partial charge in [0.05, 0.1) is 0 Å². The van der Waals surface area contributed by atoms with Crippen LogP contribution in [0.3, 0.4) is 0 Å². The van der Waals surface area contributed by atoms with Gasteiger partial charge in [-0.15, -0.1) is 0 Å². The van der Waals surface area contributed by atoms with E-state index >= 15 is 0 Å². The Morgan fingerprint density at radius 3 is 2.37 bits per heavy atom. The third-order valence-electron chi connectivity index (χ3n) is 5.86. The normalized spacial score (nSPS) is 31.9. The van der Waals surface area contributed by atoms with Gasteiger partial charge in [0.1, 0.15) is 0 Å². The molecule has 2 rings (SSSR count). The lowest BCUT2D eigenvalue weighted by molar-refractivity contribution is 0.295. The van der Waals surface area contributed by atoms with Gasteiger partial charge in [-0.05, 0) is 37.0 Å². The topological polar surface area (TPSA) is 26.0 Å². The highest BCUT2D eigenvalue weighted by atomic mass is 14.6. The fourth-order valence-electron chi connectivity index (χ4n) is 4.36. The zero-order valence-electron chi connectivity index (χ0n) is 13.1. The van der Waals surface area contributed by atoms with Crippen molar-refractivity contribution >= 4 is 0 Å². The molecule has 0 bridgehead atoms. The van der Waals surface area contributed by atoms with Gasteiger partial charge in [0.2, 0.25) is 0 Å². The van der Waals surface area contributed by atoms with Crippen LogP contribution < -0.4 is 5.73 Å². The van der Waals surface area contributed by atoms with Crippen LogP contribution in [0.4, 0.5) is 0 Å². The molecule has 0 aromatic heterocycles. The van der Waals surface area contributed by atoms with E-state index < -0.39 is 0 Å². The van der Waals surface area contributed by atoms with E-state index in [0.717, 1.165) is 17.8 Å². The summed E-state index contributed by atoms with van der Waals surface area (Å²) in [5, 5.41) is 0. The second-order valence-electron chi connectivity index (χ2n) is 7.44. The first-order valence-corrected chi connectivity index (χ1v) is 9.01. The summed E-state index contributed by atoms with van der Waals surface area (Å²) in [6, 6.07) is 0.500. The monoisotopic (exact) mass is 265 g/mol. The third kappa shape index (κ3) is 5.45. The second kappa shape index (κ2) is 8.29. The zero-order chi connectivity index (χ0) is 13.5. The first-order valence-electron chi connectivity index (χ1n) is 9.01. The molecule has 112 valence electrons. The molecule has 2 aliphatic rings. The summed E-state index contributed by atoms with van der Waals surface area (Å²) >= 11 is 0. The highest BCUT2D eigenvalue weighted by Crippen LogP contribution is 2.34. The van der Waals surface area contributed by atoms with Gasteiger partial charge in [0.15, 0.2) is 0 Å². The van der Waals surface area contributed by atoms with E-state index in [4.69, 9.17) is 5.73 Å². The van der Waals surface area contributed by atoms with E-state index in [1.165, 1.54) is 83.5 Å². The highest BCUT2D eigenvalue weighted by Gasteiger charge is 2.21. The van der Waals surface area contributed by atoms with Crippen molar-refractivity contribution in [2.45, 2.75) is 96.4 Å². The molecule has 19 heavy (non-hydrogen) atoms. The van der Waals surface area contributed by atoms with Crippen LogP contribution in [0.1, 0.15) is 90.4 Å². The molecule has 2 fully saturated rings. The molecule has 2 aliphatic carbocycles. The fourth-order valence-corrected chi connectivity index (χ4v) is 4.36. The lowest BCUT2D eigenvalue weighted by Crippen LogP contribution is -2.22. The molecule has 0 radical (unpaired) electrons. The Kier molecular flexibility index (Phi) is 6.70. The Morgan fingerprint density at radius 1 is 0.895 bits per heavy atom. The van der Waals surface area contributed by atoms with Crippen LogP contribution in [0.2, 0.25) is 0 Å². The first-order chi connectivity index (χ1) is 9.25. The molecule has 3 unspecified atom stereocenters. The van der Waals surface area contributed by atoms with Gasteiger partial charge in [0.25, 0.3) is 0 Å². The Labute approximate surface area is 120 Å². The molecule has 1 nitrogen and oxygen atoms in total. The smallest absolute Gasteiger partial charge is 0.00389 e. The van der Waals surface area contributed by atoms with Crippen molar-refractivity contribution in [3.63, 3.8) is 0 Å². The maximum atomic E-state index is 6.13. The van der Waals surface area contributed by atoms with Crippen LogP contribution in [0, 0.1) is 17.8 Å². The molecule has 0 heterocycles. The van der Waals surface area contributed by atoms with Crippen LogP contribution in [0.5, 0.6) is 0 Å². The fraction of sp³-hybridized carbons (Fsp3) is 1.00. The average molecular weight is 265 g/mol. The van der Waals surface area contributed by atoms with Crippen LogP contribution in [0.15, 0.2) is 0 Å². The second-order valence-corrected chi connectivity index (χ2v) is 7.44. The summed E-state index contributed by atoms with van der Waals surface area (Å²) in [6.45, 7) is 2.50. The van der Waals surface area contributed by atoms with E-state index in [2.05, 4.69) is 6.92 Å². The molecular formula is C18H35N. The van der Waals surface area contributed by atoms with Gasteiger partial charge in [0, 0.05) is 6.04 Å². The van der Waals surface area contributed by atoms with Crippen molar-refractivity contribution in [3.8, 4) is 0 Å². The van der Waals surface area contributed by atoms with E-state index in [1.807, 2.05) is 0 Å². The highest BCUT2D eigenvalue weighted by molar-refractivity contribution is 4.74. The van der Waals surface area contributed by atoms with E-state index in [0.29, 0.717) is 6.04 Å². The number of hydrogen-bond donors (Lipinski definition) is 1. The Hall–Kier alpha value is -0.0400. The Bertz CT molecular complexity index is 232. The average Bonchev–Trinajstić information content (AvgIpc) is 2.91. The molecule has 1 heteroatoms. The number of rotatable bonds is 5. The van der Waals surface area contributed by atoms with E-state index in [1.54, 1.807) is 0 Å². The van der Waals surface area contributed by atoms with Crippen molar-refractivity contribution in [1.29, 1.82) is 0 Å². The summed E-state index contributed by atoms with van der Waals surface area (Å²) in [5.41, 5.74) is 6.13. The minimum atomic E-state index is 0.500. The maximum absolute atomic E-state index is 6.13. The lowest BCUT2D eigenvalue weighted by atomic mass is 9.83. The Morgan fingerprint density at radius 2 is 1.58 bits per heavy atom. The van der Waals surface area contributed by atoms with Crippen LogP contribution in [0.25, 0.3) is 0 Å². The minimum absolute atomic E-state index is 0.500. The molecule has 2 saturated carbocycles. The molecule has 0 aromatic rings. The molecule has 0 aromatic carbocycles. The third-order valence-corrected chi connectivity index (χ3v) is 5.86. The van der Waals surface area contributed by atoms with Gasteiger partial charge in [-0.1, -0.05) is 71.1 Å². The van der Waals surface area contributed by atoms with Gasteiger partial charge in [-0.25, -0.2) is 0 Å². The molecule has 0 spiro atoms. The van der Waals surface area contributed by atoms with Crippen LogP contribution in [-0.4, -0.2) is 6.04 Å². The van der Waals surface area contributed by atoms with Crippen molar-refractivity contribution in [1.82, 2.24) is 0 Å². The molecule has 2 N–H and O–H groups in total. The summed E-state index contributed by atoms with van der Waals surface area (Å²) in [4.78, 5) is 0. The van der Waals surface area contributed by atoms with E-state index in [-0.39, 0.29) is 0 Å².